The highest BCUT2D eigenvalue weighted by Gasteiger charge is 2.06. The normalized spacial score (nSPS) is 9.24. The predicted octanol–water partition coefficient (Wildman–Crippen LogP) is 0.365. The highest BCUT2D eigenvalue weighted by Crippen LogP contribution is 2.07. The van der Waals surface area contributed by atoms with E-state index in [1.165, 1.54) is 11.3 Å². The Morgan fingerprint density at radius 2 is 2.06 bits per heavy atom. The maximum absolute atomic E-state index is 11.4. The zero-order valence-electron chi connectivity index (χ0n) is 9.27. The highest BCUT2D eigenvalue weighted by atomic mass is 35.5. The summed E-state index contributed by atoms with van der Waals surface area (Å²) in [6.45, 7) is 1.23. The first-order valence-electron chi connectivity index (χ1n) is 5.02. The van der Waals surface area contributed by atoms with Crippen LogP contribution in [0.2, 0.25) is 0 Å². The summed E-state index contributed by atoms with van der Waals surface area (Å²) in [6, 6.07) is 3.56. The molecule has 4 N–H and O–H groups in total. The van der Waals surface area contributed by atoms with Crippen LogP contribution in [0.1, 0.15) is 16.1 Å². The molecule has 5 nitrogen and oxygen atoms in total. The van der Waals surface area contributed by atoms with Crippen molar-refractivity contribution < 1.29 is 9.59 Å². The molecule has 1 heterocycles. The van der Waals surface area contributed by atoms with Gasteiger partial charge in [-0.3, -0.25) is 9.59 Å². The van der Waals surface area contributed by atoms with Crippen molar-refractivity contribution in [3.8, 4) is 0 Å². The Morgan fingerprint density at radius 3 is 2.65 bits per heavy atom. The van der Waals surface area contributed by atoms with Gasteiger partial charge in [0.15, 0.2) is 0 Å². The summed E-state index contributed by atoms with van der Waals surface area (Å²) in [6.07, 6.45) is 0.275. The summed E-state index contributed by atoms with van der Waals surface area (Å²) >= 11 is 1.37. The van der Waals surface area contributed by atoms with E-state index in [2.05, 4.69) is 10.6 Å². The van der Waals surface area contributed by atoms with E-state index < -0.39 is 0 Å². The number of hydrogen-bond donors (Lipinski definition) is 3. The van der Waals surface area contributed by atoms with Gasteiger partial charge in [0.25, 0.3) is 5.91 Å². The molecule has 0 spiro atoms. The van der Waals surface area contributed by atoms with Crippen LogP contribution in [0.15, 0.2) is 17.5 Å². The number of carbonyl (C=O) groups excluding carboxylic acids is 2. The van der Waals surface area contributed by atoms with Crippen LogP contribution in [0, 0.1) is 0 Å². The van der Waals surface area contributed by atoms with E-state index in [4.69, 9.17) is 5.73 Å². The van der Waals surface area contributed by atoms with Gasteiger partial charge in [-0.2, -0.15) is 0 Å². The van der Waals surface area contributed by atoms with Crippen LogP contribution < -0.4 is 16.4 Å². The lowest BCUT2D eigenvalue weighted by Gasteiger charge is -2.04. The molecule has 1 aromatic heterocycles. The average Bonchev–Trinajstić information content (AvgIpc) is 2.79. The Labute approximate surface area is 110 Å². The van der Waals surface area contributed by atoms with Crippen LogP contribution in [0.5, 0.6) is 0 Å². The molecule has 0 unspecified atom stereocenters. The fraction of sp³-hybridized carbons (Fsp3) is 0.400. The van der Waals surface area contributed by atoms with Crippen molar-refractivity contribution in [2.75, 3.05) is 19.6 Å². The lowest BCUT2D eigenvalue weighted by molar-refractivity contribution is -0.120. The van der Waals surface area contributed by atoms with Gasteiger partial charge in [0.05, 0.1) is 4.88 Å². The number of nitrogens with one attached hydrogen (secondary N) is 2. The minimum atomic E-state index is -0.137. The molecular weight excluding hydrogens is 262 g/mol. The lowest BCUT2D eigenvalue weighted by atomic mass is 10.3. The molecule has 0 aliphatic heterocycles. The van der Waals surface area contributed by atoms with Crippen molar-refractivity contribution in [3.05, 3.63) is 22.4 Å². The summed E-state index contributed by atoms with van der Waals surface area (Å²) in [4.78, 5) is 23.3. The number of nitrogens with two attached hydrogens (primary N) is 1. The van der Waals surface area contributed by atoms with Crippen LogP contribution in [-0.4, -0.2) is 31.4 Å². The molecule has 0 aliphatic rings. The Hall–Kier alpha value is -1.11. The summed E-state index contributed by atoms with van der Waals surface area (Å²) in [5.41, 5.74) is 5.23. The van der Waals surface area contributed by atoms with Gasteiger partial charge in [0, 0.05) is 26.1 Å². The molecule has 0 radical (unpaired) electrons. The SMILES string of the molecule is Cl.NCCNC(=O)CCNC(=O)c1cccs1. The standard InChI is InChI=1S/C10H15N3O2S.ClH/c11-4-6-12-9(14)3-5-13-10(15)8-2-1-7-16-8;/h1-2,7H,3-6,11H2,(H,12,14)(H,13,15);1H. The van der Waals surface area contributed by atoms with Crippen molar-refractivity contribution in [3.63, 3.8) is 0 Å². The van der Waals surface area contributed by atoms with Gasteiger partial charge in [-0.1, -0.05) is 6.07 Å². The van der Waals surface area contributed by atoms with Gasteiger partial charge in [-0.25, -0.2) is 0 Å². The largest absolute Gasteiger partial charge is 0.355 e. The number of hydrogen-bond acceptors (Lipinski definition) is 4. The first-order valence-corrected chi connectivity index (χ1v) is 5.90. The molecule has 7 heteroatoms. The first-order chi connectivity index (χ1) is 7.74. The van der Waals surface area contributed by atoms with Crippen molar-refractivity contribution in [2.45, 2.75) is 6.42 Å². The van der Waals surface area contributed by atoms with Crippen LogP contribution >= 0.6 is 23.7 Å². The first kappa shape index (κ1) is 15.9. The van der Waals surface area contributed by atoms with Gasteiger partial charge < -0.3 is 16.4 Å². The fourth-order valence-electron chi connectivity index (χ4n) is 1.08. The number of amides is 2. The molecule has 0 saturated heterocycles. The van der Waals surface area contributed by atoms with Crippen molar-refractivity contribution in [2.24, 2.45) is 5.73 Å². The molecule has 1 rings (SSSR count). The average molecular weight is 278 g/mol. The third kappa shape index (κ3) is 6.25. The molecule has 0 aromatic carbocycles. The van der Waals surface area contributed by atoms with E-state index in [1.807, 2.05) is 11.4 Å². The van der Waals surface area contributed by atoms with Crippen LogP contribution in [-0.2, 0) is 4.79 Å². The van der Waals surface area contributed by atoms with Crippen LogP contribution in [0.3, 0.4) is 0 Å². The molecule has 0 saturated carbocycles. The molecule has 96 valence electrons. The molecule has 2 amide bonds. The molecule has 0 fully saturated rings. The minimum absolute atomic E-state index is 0. The molecular formula is C10H16ClN3O2S. The van der Waals surface area contributed by atoms with E-state index in [-0.39, 0.29) is 30.6 Å². The quantitative estimate of drug-likeness (QED) is 0.702. The number of halogens is 1. The Balaban J connectivity index is 0.00000256. The van der Waals surface area contributed by atoms with Crippen molar-refractivity contribution in [1.82, 2.24) is 10.6 Å². The van der Waals surface area contributed by atoms with Crippen molar-refractivity contribution in [1.29, 1.82) is 0 Å². The zero-order chi connectivity index (χ0) is 11.8. The minimum Gasteiger partial charge on any atom is -0.355 e. The van der Waals surface area contributed by atoms with E-state index in [0.29, 0.717) is 24.5 Å². The van der Waals surface area contributed by atoms with Crippen LogP contribution in [0.25, 0.3) is 0 Å². The molecule has 17 heavy (non-hydrogen) atoms. The fourth-order valence-corrected chi connectivity index (χ4v) is 1.72. The van der Waals surface area contributed by atoms with E-state index in [0.717, 1.165) is 0 Å². The van der Waals surface area contributed by atoms with Gasteiger partial charge in [0.2, 0.25) is 5.91 Å². The monoisotopic (exact) mass is 277 g/mol. The van der Waals surface area contributed by atoms with Gasteiger partial charge in [0.1, 0.15) is 0 Å². The van der Waals surface area contributed by atoms with E-state index in [9.17, 15) is 9.59 Å². The number of rotatable bonds is 6. The van der Waals surface area contributed by atoms with Crippen LogP contribution in [0.4, 0.5) is 0 Å². The summed E-state index contributed by atoms with van der Waals surface area (Å²) < 4.78 is 0. The molecule has 1 aromatic rings. The molecule has 0 atom stereocenters. The van der Waals surface area contributed by atoms with Gasteiger partial charge in [-0.15, -0.1) is 23.7 Å². The number of thiophene rings is 1. The second-order valence-electron chi connectivity index (χ2n) is 3.12. The summed E-state index contributed by atoms with van der Waals surface area (Å²) in [5, 5.41) is 7.14. The zero-order valence-corrected chi connectivity index (χ0v) is 10.9. The van der Waals surface area contributed by atoms with Crippen molar-refractivity contribution >= 4 is 35.6 Å². The van der Waals surface area contributed by atoms with E-state index >= 15 is 0 Å². The maximum Gasteiger partial charge on any atom is 0.261 e. The predicted molar refractivity (Wildman–Crippen MR) is 70.6 cm³/mol. The smallest absolute Gasteiger partial charge is 0.261 e. The summed E-state index contributed by atoms with van der Waals surface area (Å²) in [7, 11) is 0. The van der Waals surface area contributed by atoms with Gasteiger partial charge >= 0.3 is 0 Å². The highest BCUT2D eigenvalue weighted by molar-refractivity contribution is 7.12. The van der Waals surface area contributed by atoms with Gasteiger partial charge in [-0.05, 0) is 11.4 Å². The maximum atomic E-state index is 11.4. The second kappa shape index (κ2) is 8.98. The third-order valence-corrected chi connectivity index (χ3v) is 2.72. The topological polar surface area (TPSA) is 84.2 Å². The lowest BCUT2D eigenvalue weighted by Crippen LogP contribution is -2.32. The Bertz CT molecular complexity index is 343. The molecule has 0 aliphatic carbocycles. The second-order valence-corrected chi connectivity index (χ2v) is 4.07. The Kier molecular flexibility index (Phi) is 8.39. The Morgan fingerprint density at radius 1 is 1.29 bits per heavy atom. The summed E-state index contributed by atoms with van der Waals surface area (Å²) in [5.74, 6) is -0.237. The molecule has 0 bridgehead atoms. The third-order valence-electron chi connectivity index (χ3n) is 1.85. The number of carbonyl (C=O) groups is 2. The van der Waals surface area contributed by atoms with E-state index in [1.54, 1.807) is 6.07 Å².